The Morgan fingerprint density at radius 3 is 1.56 bits per heavy atom. The molecule has 2 unspecified atom stereocenters. The number of allylic oxidation sites excluding steroid dienone is 7. The summed E-state index contributed by atoms with van der Waals surface area (Å²) in [6.07, 6.45) is 51.8. The molecule has 0 spiro atoms. The second-order valence-electron chi connectivity index (χ2n) is 18.7. The van der Waals surface area contributed by atoms with Crippen LogP contribution in [-0.2, 0) is 9.53 Å². The molecule has 0 aromatic heterocycles. The minimum atomic E-state index is -0.668. The number of unbranched alkanes of at least 4 members (excludes halogenated alkanes) is 24. The van der Waals surface area contributed by atoms with Crippen LogP contribution in [0.1, 0.15) is 259 Å². The van der Waals surface area contributed by atoms with Crippen LogP contribution in [0.15, 0.2) is 46.6 Å². The number of carbonyl (C=O) groups is 1. The number of hydrogen-bond acceptors (Lipinski definition) is 4. The van der Waals surface area contributed by atoms with Gasteiger partial charge in [-0.2, -0.15) is 0 Å². The molecule has 4 heteroatoms. The normalized spacial score (nSPS) is 19.6. The lowest BCUT2D eigenvalue weighted by Crippen LogP contribution is -2.34. The fourth-order valence-electron chi connectivity index (χ4n) is 8.42. The minimum Gasteiger partial charge on any atom is -0.461 e. The molecule has 1 aliphatic carbocycles. The molecule has 0 saturated heterocycles. The van der Waals surface area contributed by atoms with Gasteiger partial charge in [-0.05, 0) is 117 Å². The molecular formula is C53H96O4. The van der Waals surface area contributed by atoms with Gasteiger partial charge in [-0.3, -0.25) is 4.79 Å². The lowest BCUT2D eigenvalue weighted by atomic mass is 9.79. The van der Waals surface area contributed by atoms with Gasteiger partial charge in [-0.1, -0.05) is 189 Å². The molecule has 0 aliphatic heterocycles. The number of rotatable bonds is 33. The zero-order chi connectivity index (χ0) is 41.7. The summed E-state index contributed by atoms with van der Waals surface area (Å²) in [6, 6.07) is 0. The van der Waals surface area contributed by atoms with Crippen molar-refractivity contribution in [1.82, 2.24) is 0 Å². The third-order valence-corrected chi connectivity index (χ3v) is 12.6. The average Bonchev–Trinajstić information content (AvgIpc) is 3.17. The van der Waals surface area contributed by atoms with Crippen LogP contribution in [0.2, 0.25) is 0 Å². The van der Waals surface area contributed by atoms with E-state index < -0.39 is 5.60 Å². The monoisotopic (exact) mass is 797 g/mol. The van der Waals surface area contributed by atoms with Crippen LogP contribution in [0, 0.1) is 5.92 Å². The molecule has 1 rings (SSSR count). The Bertz CT molecular complexity index is 1070. The zero-order valence-corrected chi connectivity index (χ0v) is 38.8. The standard InChI is InChI=1S/C53H96O4/c1-47(2)34-33-44-53(5,56)51-42-40-48(3)35-31-37-50(38-32-36-49(4)41-43-51)46-57-52(55)39-29-27-25-23-21-19-17-15-13-11-9-7-6-8-10-12-14-16-18-20-22-24-26-28-30-45-54/h34-35,38,41,51,54,56H,6-33,36-37,39-40,42-46H2,1-5H3/b48-35+,49-41-,50-38-. The third-order valence-electron chi connectivity index (χ3n) is 12.6. The summed E-state index contributed by atoms with van der Waals surface area (Å²) < 4.78 is 5.78. The molecule has 0 heterocycles. The van der Waals surface area contributed by atoms with Crippen molar-refractivity contribution in [3.05, 3.63) is 46.6 Å². The van der Waals surface area contributed by atoms with Crippen molar-refractivity contribution < 1.29 is 19.7 Å². The van der Waals surface area contributed by atoms with E-state index in [2.05, 4.69) is 52.0 Å². The second kappa shape index (κ2) is 37.4. The summed E-state index contributed by atoms with van der Waals surface area (Å²) in [6.45, 7) is 11.5. The Morgan fingerprint density at radius 2 is 1.09 bits per heavy atom. The fraction of sp³-hybridized carbons (Fsp3) is 0.830. The number of carbonyl (C=O) groups excluding carboxylic acids is 1. The van der Waals surface area contributed by atoms with E-state index in [4.69, 9.17) is 9.84 Å². The summed E-state index contributed by atoms with van der Waals surface area (Å²) in [7, 11) is 0. The fourth-order valence-corrected chi connectivity index (χ4v) is 8.42. The molecule has 0 saturated carbocycles. The van der Waals surface area contributed by atoms with Crippen LogP contribution < -0.4 is 0 Å². The predicted molar refractivity (Wildman–Crippen MR) is 249 cm³/mol. The van der Waals surface area contributed by atoms with Crippen LogP contribution in [-0.4, -0.2) is 35.0 Å². The average molecular weight is 797 g/mol. The van der Waals surface area contributed by atoms with E-state index in [1.165, 1.54) is 164 Å². The van der Waals surface area contributed by atoms with Crippen molar-refractivity contribution in [3.63, 3.8) is 0 Å². The molecule has 332 valence electrons. The van der Waals surface area contributed by atoms with Gasteiger partial charge in [0.2, 0.25) is 0 Å². The number of ether oxygens (including phenoxy) is 1. The highest BCUT2D eigenvalue weighted by molar-refractivity contribution is 5.69. The molecule has 0 radical (unpaired) electrons. The van der Waals surface area contributed by atoms with Crippen molar-refractivity contribution in [1.29, 1.82) is 0 Å². The quantitative estimate of drug-likeness (QED) is 0.0394. The number of aliphatic hydroxyl groups is 2. The zero-order valence-electron chi connectivity index (χ0n) is 38.8. The SMILES string of the molecule is CC(C)=CCCC(C)(O)C1C/C=C(/C)CC/C=C(\COC(=O)CCCCCCCCCCCCCCCCCCCCCCCCCCCO)CC/C=C(\C)CC1. The highest BCUT2D eigenvalue weighted by atomic mass is 16.5. The topological polar surface area (TPSA) is 66.8 Å². The summed E-state index contributed by atoms with van der Waals surface area (Å²) in [5, 5.41) is 20.3. The van der Waals surface area contributed by atoms with Gasteiger partial charge in [0, 0.05) is 13.0 Å². The molecule has 0 bridgehead atoms. The number of esters is 1. The Kier molecular flexibility index (Phi) is 35.0. The van der Waals surface area contributed by atoms with Gasteiger partial charge in [-0.15, -0.1) is 0 Å². The summed E-state index contributed by atoms with van der Waals surface area (Å²) in [5.41, 5.74) is 4.68. The van der Waals surface area contributed by atoms with Crippen LogP contribution in [0.25, 0.3) is 0 Å². The summed E-state index contributed by atoms with van der Waals surface area (Å²) >= 11 is 0. The maximum Gasteiger partial charge on any atom is 0.306 e. The van der Waals surface area contributed by atoms with Gasteiger partial charge in [0.15, 0.2) is 0 Å². The summed E-state index contributed by atoms with van der Waals surface area (Å²) in [5.74, 6) is 0.213. The van der Waals surface area contributed by atoms with Crippen LogP contribution in [0.3, 0.4) is 0 Å². The first-order valence-corrected chi connectivity index (χ1v) is 24.8. The van der Waals surface area contributed by atoms with E-state index in [0.717, 1.165) is 77.0 Å². The first kappa shape index (κ1) is 53.4. The van der Waals surface area contributed by atoms with Gasteiger partial charge in [0.05, 0.1) is 5.60 Å². The van der Waals surface area contributed by atoms with Crippen LogP contribution in [0.5, 0.6) is 0 Å². The van der Waals surface area contributed by atoms with Crippen LogP contribution in [0.4, 0.5) is 0 Å². The van der Waals surface area contributed by atoms with E-state index in [-0.39, 0.29) is 11.9 Å². The Labute approximate surface area is 355 Å². The molecule has 1 aliphatic rings. The summed E-state index contributed by atoms with van der Waals surface area (Å²) in [4.78, 5) is 12.6. The van der Waals surface area contributed by atoms with E-state index in [1.54, 1.807) is 0 Å². The predicted octanol–water partition coefficient (Wildman–Crippen LogP) is 16.3. The van der Waals surface area contributed by atoms with E-state index in [9.17, 15) is 9.90 Å². The Morgan fingerprint density at radius 1 is 0.649 bits per heavy atom. The first-order valence-electron chi connectivity index (χ1n) is 24.8. The van der Waals surface area contributed by atoms with E-state index in [1.807, 2.05) is 6.92 Å². The van der Waals surface area contributed by atoms with Crippen molar-refractivity contribution >= 4 is 5.97 Å². The van der Waals surface area contributed by atoms with Crippen LogP contribution >= 0.6 is 0 Å². The van der Waals surface area contributed by atoms with Gasteiger partial charge >= 0.3 is 5.97 Å². The third kappa shape index (κ3) is 33.8. The molecule has 57 heavy (non-hydrogen) atoms. The van der Waals surface area contributed by atoms with Crippen molar-refractivity contribution in [2.75, 3.05) is 13.2 Å². The maximum absolute atomic E-state index is 12.6. The van der Waals surface area contributed by atoms with E-state index in [0.29, 0.717) is 19.6 Å². The highest BCUT2D eigenvalue weighted by Crippen LogP contribution is 2.33. The molecule has 0 aromatic carbocycles. The molecule has 0 amide bonds. The largest absolute Gasteiger partial charge is 0.461 e. The van der Waals surface area contributed by atoms with E-state index >= 15 is 0 Å². The molecule has 0 aromatic rings. The van der Waals surface area contributed by atoms with Gasteiger partial charge in [0.1, 0.15) is 6.61 Å². The molecule has 2 atom stereocenters. The molecular weight excluding hydrogens is 701 g/mol. The lowest BCUT2D eigenvalue weighted by molar-refractivity contribution is -0.142. The first-order chi connectivity index (χ1) is 27.6. The Hall–Kier alpha value is -1.65. The van der Waals surface area contributed by atoms with Gasteiger partial charge in [0.25, 0.3) is 0 Å². The minimum absolute atomic E-state index is 0.0417. The molecule has 0 fully saturated rings. The van der Waals surface area contributed by atoms with Crippen molar-refractivity contribution in [2.45, 2.75) is 265 Å². The molecule has 4 nitrogen and oxygen atoms in total. The Balaban J connectivity index is 2.08. The van der Waals surface area contributed by atoms with Crippen molar-refractivity contribution in [3.8, 4) is 0 Å². The van der Waals surface area contributed by atoms with Gasteiger partial charge in [-0.25, -0.2) is 0 Å². The number of hydrogen-bond donors (Lipinski definition) is 2. The maximum atomic E-state index is 12.6. The highest BCUT2D eigenvalue weighted by Gasteiger charge is 2.30. The molecule has 2 N–H and O–H groups in total. The number of aliphatic hydroxyl groups excluding tert-OH is 1. The van der Waals surface area contributed by atoms with Gasteiger partial charge < -0.3 is 14.9 Å². The van der Waals surface area contributed by atoms with Crippen molar-refractivity contribution in [2.24, 2.45) is 5.92 Å². The smallest absolute Gasteiger partial charge is 0.306 e. The lowest BCUT2D eigenvalue weighted by Gasteiger charge is -2.33. The second-order valence-corrected chi connectivity index (χ2v) is 18.7.